The van der Waals surface area contributed by atoms with E-state index < -0.39 is 18.1 Å². The third-order valence-electron chi connectivity index (χ3n) is 5.66. The summed E-state index contributed by atoms with van der Waals surface area (Å²) in [5, 5.41) is 10.5. The molecule has 0 fully saturated rings. The Morgan fingerprint density at radius 2 is 1.62 bits per heavy atom. The van der Waals surface area contributed by atoms with Gasteiger partial charge in [-0.15, -0.1) is 13.2 Å². The van der Waals surface area contributed by atoms with Gasteiger partial charge in [-0.3, -0.25) is 4.98 Å². The zero-order chi connectivity index (χ0) is 26.2. The lowest BCUT2D eigenvalue weighted by Crippen LogP contribution is -2.30. The Labute approximate surface area is 219 Å². The topological polar surface area (TPSA) is 66.8 Å². The number of nitrogens with zero attached hydrogens (tertiary/aromatic N) is 3. The Balaban J connectivity index is 1.42. The fourth-order valence-corrected chi connectivity index (χ4v) is 4.26. The van der Waals surface area contributed by atoms with Crippen LogP contribution in [0, 0.1) is 0 Å². The number of fused-ring (bicyclic) bond motifs is 1. The second-order valence-corrected chi connectivity index (χ2v) is 9.08. The van der Waals surface area contributed by atoms with Gasteiger partial charge < -0.3 is 10.1 Å². The highest BCUT2D eigenvalue weighted by atomic mass is 35.5. The Bertz CT molecular complexity index is 1490. The van der Waals surface area contributed by atoms with Gasteiger partial charge in [0.05, 0.1) is 29.4 Å². The van der Waals surface area contributed by atoms with Gasteiger partial charge in [0.2, 0.25) is 0 Å². The predicted octanol–water partition coefficient (Wildman–Crippen LogP) is 7.48. The predicted molar refractivity (Wildman–Crippen MR) is 136 cm³/mol. The number of pyridine rings is 1. The average Bonchev–Trinajstić information content (AvgIpc) is 3.30. The van der Waals surface area contributed by atoms with Crippen molar-refractivity contribution in [2.75, 3.05) is 11.9 Å². The number of halogens is 5. The highest BCUT2D eigenvalue weighted by Crippen LogP contribution is 2.31. The second-order valence-electron chi connectivity index (χ2n) is 8.20. The molecule has 4 aromatic rings. The maximum atomic E-state index is 13.0. The summed E-state index contributed by atoms with van der Waals surface area (Å²) in [5.41, 5.74) is 3.09. The van der Waals surface area contributed by atoms with Crippen LogP contribution in [0.3, 0.4) is 0 Å². The first kappa shape index (κ1) is 24.9. The number of aromatic nitrogens is 1. The van der Waals surface area contributed by atoms with Gasteiger partial charge in [-0.1, -0.05) is 47.5 Å². The molecule has 1 aliphatic rings. The fourth-order valence-electron chi connectivity index (χ4n) is 3.97. The molecule has 0 spiro atoms. The first-order valence-corrected chi connectivity index (χ1v) is 11.8. The summed E-state index contributed by atoms with van der Waals surface area (Å²) in [7, 11) is 0. The fraction of sp³-hybridized carbons (Fsp3) is 0.115. The summed E-state index contributed by atoms with van der Waals surface area (Å²) in [5.74, 6) is -0.741. The molecule has 1 atom stereocenters. The minimum atomic E-state index is -4.80. The minimum absolute atomic E-state index is 0.193. The number of amides is 2. The molecule has 1 unspecified atom stereocenters. The highest BCUT2D eigenvalue weighted by molar-refractivity contribution is 6.31. The molecule has 1 N–H and O–H groups in total. The van der Waals surface area contributed by atoms with E-state index in [1.165, 1.54) is 17.1 Å². The van der Waals surface area contributed by atoms with Crippen LogP contribution in [0.2, 0.25) is 10.0 Å². The molecule has 3 aromatic carbocycles. The lowest BCUT2D eigenvalue weighted by Gasteiger charge is -2.16. The average molecular weight is 545 g/mol. The van der Waals surface area contributed by atoms with Gasteiger partial charge in [-0.25, -0.2) is 9.80 Å². The number of alkyl halides is 3. The highest BCUT2D eigenvalue weighted by Gasteiger charge is 2.34. The van der Waals surface area contributed by atoms with Crippen molar-refractivity contribution in [3.8, 4) is 5.75 Å². The number of benzene rings is 3. The van der Waals surface area contributed by atoms with E-state index in [4.69, 9.17) is 28.2 Å². The van der Waals surface area contributed by atoms with Gasteiger partial charge in [0.1, 0.15) is 5.75 Å². The molecule has 0 saturated heterocycles. The first-order chi connectivity index (χ1) is 17.6. The molecule has 2 amide bonds. The zero-order valence-electron chi connectivity index (χ0n) is 18.8. The molecule has 37 heavy (non-hydrogen) atoms. The molecule has 1 aromatic heterocycles. The van der Waals surface area contributed by atoms with Gasteiger partial charge in [-0.05, 0) is 60.2 Å². The lowest BCUT2D eigenvalue weighted by molar-refractivity contribution is -0.274. The standard InChI is InChI=1S/C26H17Cl2F3N4O2/c27-17-5-2-16(3-6-17)24-21(22-12-4-15-1-7-18(28)13-23(15)33-22)14-35(34-24)25(36)32-19-8-10-20(11-9-19)37-26(29,30)31/h1-13,21H,14H2,(H,32,36). The number of nitrogens with one attached hydrogen (secondary N) is 1. The van der Waals surface area contributed by atoms with Crippen molar-refractivity contribution in [1.82, 2.24) is 9.99 Å². The number of carbonyl (C=O) groups is 1. The van der Waals surface area contributed by atoms with Crippen molar-refractivity contribution in [2.24, 2.45) is 5.10 Å². The summed E-state index contributed by atoms with van der Waals surface area (Å²) in [6.07, 6.45) is -4.80. The van der Waals surface area contributed by atoms with Gasteiger partial charge in [0, 0.05) is 21.1 Å². The Morgan fingerprint density at radius 3 is 2.32 bits per heavy atom. The Hall–Kier alpha value is -3.82. The Morgan fingerprint density at radius 1 is 0.946 bits per heavy atom. The molecular weight excluding hydrogens is 528 g/mol. The number of hydrogen-bond acceptors (Lipinski definition) is 4. The smallest absolute Gasteiger partial charge is 0.406 e. The van der Waals surface area contributed by atoms with Gasteiger partial charge in [0.15, 0.2) is 0 Å². The van der Waals surface area contributed by atoms with Crippen molar-refractivity contribution < 1.29 is 22.7 Å². The van der Waals surface area contributed by atoms with Crippen LogP contribution in [-0.2, 0) is 0 Å². The molecule has 1 aliphatic heterocycles. The van der Waals surface area contributed by atoms with Crippen LogP contribution in [0.1, 0.15) is 17.2 Å². The largest absolute Gasteiger partial charge is 0.573 e. The van der Waals surface area contributed by atoms with E-state index in [1.54, 1.807) is 24.3 Å². The number of hydrogen-bond donors (Lipinski definition) is 1. The van der Waals surface area contributed by atoms with Crippen LogP contribution in [0.5, 0.6) is 5.75 Å². The summed E-state index contributed by atoms with van der Waals surface area (Å²) in [6, 6.07) is 20.6. The van der Waals surface area contributed by atoms with Crippen LogP contribution in [0.15, 0.2) is 84.0 Å². The number of hydrazone groups is 1. The summed E-state index contributed by atoms with van der Waals surface area (Å²) >= 11 is 12.2. The molecule has 2 heterocycles. The lowest BCUT2D eigenvalue weighted by atomic mass is 9.93. The van der Waals surface area contributed by atoms with Crippen LogP contribution in [-0.4, -0.2) is 34.6 Å². The van der Waals surface area contributed by atoms with Crippen molar-refractivity contribution in [1.29, 1.82) is 0 Å². The zero-order valence-corrected chi connectivity index (χ0v) is 20.3. The maximum absolute atomic E-state index is 13.0. The number of anilines is 1. The van der Waals surface area contributed by atoms with Gasteiger partial charge in [0.25, 0.3) is 0 Å². The van der Waals surface area contributed by atoms with E-state index in [1.807, 2.05) is 30.3 Å². The quantitative estimate of drug-likeness (QED) is 0.289. The molecular formula is C26H17Cl2F3N4O2. The van der Waals surface area contributed by atoms with Crippen molar-refractivity contribution in [3.63, 3.8) is 0 Å². The van der Waals surface area contributed by atoms with Crippen LogP contribution in [0.4, 0.5) is 23.7 Å². The molecule has 0 radical (unpaired) electrons. The molecule has 5 rings (SSSR count). The van der Waals surface area contributed by atoms with Crippen molar-refractivity contribution in [3.05, 3.63) is 100 Å². The first-order valence-electron chi connectivity index (χ1n) is 11.0. The van der Waals surface area contributed by atoms with Crippen molar-refractivity contribution >= 4 is 51.5 Å². The molecule has 0 aliphatic carbocycles. The SMILES string of the molecule is O=C(Nc1ccc(OC(F)(F)F)cc1)N1CC(c2ccc3ccc(Cl)cc3n2)C(c2ccc(Cl)cc2)=N1. The Kier molecular flexibility index (Phi) is 6.66. The van der Waals surface area contributed by atoms with Crippen LogP contribution >= 0.6 is 23.2 Å². The van der Waals surface area contributed by atoms with E-state index >= 15 is 0 Å². The van der Waals surface area contributed by atoms with E-state index in [2.05, 4.69) is 15.2 Å². The van der Waals surface area contributed by atoms with E-state index in [9.17, 15) is 18.0 Å². The molecule has 11 heteroatoms. The molecule has 0 bridgehead atoms. The number of rotatable bonds is 4. The number of carbonyl (C=O) groups excluding carboxylic acids is 1. The third-order valence-corrected chi connectivity index (χ3v) is 6.15. The summed E-state index contributed by atoms with van der Waals surface area (Å²) < 4.78 is 41.1. The van der Waals surface area contributed by atoms with Gasteiger partial charge in [-0.2, -0.15) is 5.10 Å². The van der Waals surface area contributed by atoms with Crippen LogP contribution < -0.4 is 10.1 Å². The maximum Gasteiger partial charge on any atom is 0.573 e. The van der Waals surface area contributed by atoms with E-state index in [-0.39, 0.29) is 18.2 Å². The second kappa shape index (κ2) is 9.91. The monoisotopic (exact) mass is 544 g/mol. The van der Waals surface area contributed by atoms with E-state index in [0.29, 0.717) is 27.0 Å². The number of ether oxygens (including phenoxy) is 1. The summed E-state index contributed by atoms with van der Waals surface area (Å²) in [6.45, 7) is 0.193. The normalized spacial score (nSPS) is 15.5. The van der Waals surface area contributed by atoms with Crippen LogP contribution in [0.25, 0.3) is 10.9 Å². The molecule has 6 nitrogen and oxygen atoms in total. The number of urea groups is 1. The van der Waals surface area contributed by atoms with Gasteiger partial charge >= 0.3 is 12.4 Å². The molecule has 188 valence electrons. The van der Waals surface area contributed by atoms with Crippen molar-refractivity contribution in [2.45, 2.75) is 12.3 Å². The minimum Gasteiger partial charge on any atom is -0.406 e. The molecule has 0 saturated carbocycles. The van der Waals surface area contributed by atoms with E-state index in [0.717, 1.165) is 23.1 Å². The summed E-state index contributed by atoms with van der Waals surface area (Å²) in [4.78, 5) is 17.8. The third kappa shape index (κ3) is 5.79.